The second-order valence-corrected chi connectivity index (χ2v) is 12.4. The highest BCUT2D eigenvalue weighted by Crippen LogP contribution is 2.33. The van der Waals surface area contributed by atoms with E-state index in [0.717, 1.165) is 34.4 Å². The van der Waals surface area contributed by atoms with E-state index in [1.165, 1.54) is 12.1 Å². The van der Waals surface area contributed by atoms with E-state index in [1.807, 2.05) is 6.07 Å². The predicted octanol–water partition coefficient (Wildman–Crippen LogP) is 7.02. The van der Waals surface area contributed by atoms with Crippen LogP contribution in [0.15, 0.2) is 53.4 Å². The molecule has 0 aromatic heterocycles. The zero-order valence-corrected chi connectivity index (χ0v) is 26.0. The van der Waals surface area contributed by atoms with Gasteiger partial charge < -0.3 is 14.9 Å². The van der Waals surface area contributed by atoms with Gasteiger partial charge in [0.05, 0.1) is 26.2 Å². The topological polar surface area (TPSA) is 120 Å². The van der Waals surface area contributed by atoms with Gasteiger partial charge in [0.15, 0.2) is 18.4 Å². The molecular formula is C29H27Cl3FNO7S. The fourth-order valence-electron chi connectivity index (χ4n) is 4.15. The van der Waals surface area contributed by atoms with Gasteiger partial charge >= 0.3 is 11.9 Å². The number of hydrogen-bond donors (Lipinski definition) is 1. The summed E-state index contributed by atoms with van der Waals surface area (Å²) in [6.07, 6.45) is -6.05. The summed E-state index contributed by atoms with van der Waals surface area (Å²) in [4.78, 5) is 25.3. The lowest BCUT2D eigenvalue weighted by molar-refractivity contribution is -0.0475. The molecule has 0 saturated heterocycles. The van der Waals surface area contributed by atoms with Crippen LogP contribution < -0.4 is 0 Å². The maximum Gasteiger partial charge on any atom is 0.338 e. The Balaban J connectivity index is 2.02. The van der Waals surface area contributed by atoms with E-state index >= 15 is 4.39 Å². The van der Waals surface area contributed by atoms with Crippen LogP contribution in [0, 0.1) is 33.1 Å². The number of nitrogens with one attached hydrogen (secondary N) is 1. The number of rotatable bonds is 11. The summed E-state index contributed by atoms with van der Waals surface area (Å²) >= 11 is 18.0. The van der Waals surface area contributed by atoms with E-state index in [-0.39, 0.29) is 26.2 Å². The highest BCUT2D eigenvalue weighted by Gasteiger charge is 2.39. The van der Waals surface area contributed by atoms with Crippen LogP contribution in [0.1, 0.15) is 43.0 Å². The molecule has 42 heavy (non-hydrogen) atoms. The highest BCUT2D eigenvalue weighted by atomic mass is 35.5. The molecule has 224 valence electrons. The van der Waals surface area contributed by atoms with Gasteiger partial charge in [0.2, 0.25) is 0 Å². The van der Waals surface area contributed by atoms with Crippen LogP contribution in [0.5, 0.6) is 0 Å². The van der Waals surface area contributed by atoms with Gasteiger partial charge in [0.1, 0.15) is 11.5 Å². The molecular weight excluding hydrogens is 632 g/mol. The molecule has 3 rings (SSSR count). The molecule has 1 N–H and O–H groups in total. The van der Waals surface area contributed by atoms with Crippen LogP contribution in [0.2, 0.25) is 15.1 Å². The number of ether oxygens (including phenoxy) is 2. The average molecular weight is 659 g/mol. The molecule has 0 amide bonds. The summed E-state index contributed by atoms with van der Waals surface area (Å²) in [7, 11) is -4.86. The first-order valence-electron chi connectivity index (χ1n) is 12.4. The normalized spacial score (nSPS) is 13.6. The van der Waals surface area contributed by atoms with E-state index in [1.54, 1.807) is 45.9 Å². The van der Waals surface area contributed by atoms with Crippen LogP contribution >= 0.6 is 34.8 Å². The minimum atomic E-state index is -4.86. The smallest absolute Gasteiger partial charge is 0.338 e. The first kappa shape index (κ1) is 33.5. The minimum Gasteiger partial charge on any atom is -0.459 e. The fraction of sp³-hybridized carbons (Fsp3) is 0.276. The van der Waals surface area contributed by atoms with Gasteiger partial charge in [-0.25, -0.2) is 14.0 Å². The lowest BCUT2D eigenvalue weighted by Crippen LogP contribution is -2.45. The lowest BCUT2D eigenvalue weighted by Gasteiger charge is -2.27. The quantitative estimate of drug-likeness (QED) is 0.102. The molecule has 3 atom stereocenters. The first-order chi connectivity index (χ1) is 19.6. The van der Waals surface area contributed by atoms with Gasteiger partial charge in [-0.3, -0.25) is 4.18 Å². The third-order valence-electron chi connectivity index (χ3n) is 5.87. The summed E-state index contributed by atoms with van der Waals surface area (Å²) in [6, 6.07) is 11.7. The Labute approximate surface area is 258 Å². The van der Waals surface area contributed by atoms with Crippen LogP contribution in [-0.4, -0.2) is 51.6 Å². The van der Waals surface area contributed by atoms with E-state index in [2.05, 4.69) is 0 Å². The second-order valence-electron chi connectivity index (χ2n) is 9.62. The predicted molar refractivity (Wildman–Crippen MR) is 159 cm³/mol. The fourth-order valence-corrected chi connectivity index (χ4v) is 6.20. The molecule has 0 heterocycles. The number of carbonyl (C=O) groups is 2. The Kier molecular flexibility index (Phi) is 11.1. The van der Waals surface area contributed by atoms with E-state index in [0.29, 0.717) is 6.21 Å². The first-order valence-corrected chi connectivity index (χ1v) is 14.9. The van der Waals surface area contributed by atoms with E-state index in [9.17, 15) is 18.0 Å². The largest absolute Gasteiger partial charge is 0.459 e. The number of carbonyl (C=O) groups excluding carboxylic acids is 2. The van der Waals surface area contributed by atoms with Crippen molar-refractivity contribution in [3.8, 4) is 0 Å². The number of aryl methyl sites for hydroxylation is 4. The Morgan fingerprint density at radius 2 is 1.29 bits per heavy atom. The van der Waals surface area contributed by atoms with Crippen molar-refractivity contribution in [2.45, 2.75) is 51.0 Å². The number of esters is 2. The lowest BCUT2D eigenvalue weighted by atomic mass is 10.1. The monoisotopic (exact) mass is 657 g/mol. The second kappa shape index (κ2) is 14.0. The maximum atomic E-state index is 15.2. The molecule has 0 fully saturated rings. The molecule has 3 aromatic carbocycles. The third kappa shape index (κ3) is 8.52. The molecule has 0 aliphatic heterocycles. The minimum absolute atomic E-state index is 0.0348. The zero-order chi connectivity index (χ0) is 31.4. The average Bonchev–Trinajstić information content (AvgIpc) is 2.89. The number of benzene rings is 3. The molecule has 0 spiro atoms. The Hall–Kier alpha value is -3.02. The van der Waals surface area contributed by atoms with Crippen LogP contribution in [0.25, 0.3) is 0 Å². The van der Waals surface area contributed by atoms with Gasteiger partial charge in [-0.1, -0.05) is 69.2 Å². The van der Waals surface area contributed by atoms with Crippen molar-refractivity contribution in [1.82, 2.24) is 0 Å². The zero-order valence-electron chi connectivity index (χ0n) is 22.9. The Morgan fingerprint density at radius 3 is 1.79 bits per heavy atom. The Morgan fingerprint density at radius 1 is 0.810 bits per heavy atom. The summed E-state index contributed by atoms with van der Waals surface area (Å²) in [5.41, 5.74) is 3.16. The van der Waals surface area contributed by atoms with Crippen LogP contribution in [0.3, 0.4) is 0 Å². The molecule has 0 radical (unpaired) electrons. The highest BCUT2D eigenvalue weighted by molar-refractivity contribution is 7.87. The summed E-state index contributed by atoms with van der Waals surface area (Å²) in [5.74, 6) is -1.89. The van der Waals surface area contributed by atoms with Crippen molar-refractivity contribution in [3.05, 3.63) is 97.0 Å². The summed E-state index contributed by atoms with van der Waals surface area (Å²) < 4.78 is 57.8. The van der Waals surface area contributed by atoms with E-state index in [4.69, 9.17) is 53.9 Å². The standard InChI is InChI=1S/C29H27Cl3FNO7S/c1-15-5-16(2)8-19(7-15)28(35)39-14-25(41-42(37,38)26-12-22(31)21(30)11-23(26)32)27(24(33)13-34)40-29(36)20-9-17(3)6-18(4)10-20/h5-13,24-25,27,34H,14H2,1-4H3/t24-,25?,27+/m0/s1. The van der Waals surface area contributed by atoms with Crippen molar-refractivity contribution in [2.24, 2.45) is 0 Å². The molecule has 0 aliphatic carbocycles. The molecule has 0 saturated carbocycles. The molecule has 3 aromatic rings. The SMILES string of the molecule is Cc1cc(C)cc(C(=O)OCC(OS(=O)(=O)c2cc(Cl)c(Cl)cc2Cl)[C@H](OC(=O)c2cc(C)cc(C)c2)[C@@H](F)C=N)c1. The number of alkyl halides is 1. The van der Waals surface area contributed by atoms with Crippen LogP contribution in [0.4, 0.5) is 4.39 Å². The van der Waals surface area contributed by atoms with E-state index < -0.39 is 51.9 Å². The van der Waals surface area contributed by atoms with Crippen LogP contribution in [-0.2, 0) is 23.8 Å². The van der Waals surface area contributed by atoms with Crippen molar-refractivity contribution >= 4 is 63.1 Å². The van der Waals surface area contributed by atoms with Gasteiger partial charge in [-0.15, -0.1) is 0 Å². The Bertz CT molecular complexity index is 1590. The van der Waals surface area contributed by atoms with Crippen molar-refractivity contribution in [3.63, 3.8) is 0 Å². The molecule has 0 bridgehead atoms. The molecule has 8 nitrogen and oxygen atoms in total. The summed E-state index contributed by atoms with van der Waals surface area (Å²) in [5, 5.41) is 6.91. The molecule has 13 heteroatoms. The van der Waals surface area contributed by atoms with Crippen molar-refractivity contribution < 1.29 is 36.1 Å². The van der Waals surface area contributed by atoms with Gasteiger partial charge in [-0.05, 0) is 64.1 Å². The van der Waals surface area contributed by atoms with Gasteiger partial charge in [0.25, 0.3) is 10.1 Å². The molecule has 1 unspecified atom stereocenters. The van der Waals surface area contributed by atoms with Gasteiger partial charge in [-0.2, -0.15) is 8.42 Å². The number of halogens is 4. The van der Waals surface area contributed by atoms with Crippen molar-refractivity contribution in [2.75, 3.05) is 6.61 Å². The summed E-state index contributed by atoms with van der Waals surface area (Å²) in [6.45, 7) is 6.13. The number of hydrogen-bond acceptors (Lipinski definition) is 8. The van der Waals surface area contributed by atoms with Crippen molar-refractivity contribution in [1.29, 1.82) is 5.41 Å². The third-order valence-corrected chi connectivity index (χ3v) is 8.39. The maximum absolute atomic E-state index is 15.2. The van der Waals surface area contributed by atoms with Gasteiger partial charge in [0, 0.05) is 6.21 Å². The molecule has 0 aliphatic rings.